The minimum absolute atomic E-state index is 0.0158. The molecule has 1 amide bonds. The predicted molar refractivity (Wildman–Crippen MR) is 75.9 cm³/mol. The number of carbonyl (C=O) groups is 1. The fourth-order valence-corrected chi connectivity index (χ4v) is 2.67. The summed E-state index contributed by atoms with van der Waals surface area (Å²) in [5, 5.41) is 7.06. The summed E-state index contributed by atoms with van der Waals surface area (Å²) in [4.78, 5) is 20.6. The Morgan fingerprint density at radius 1 is 1.52 bits per heavy atom. The Balaban J connectivity index is 1.70. The Labute approximate surface area is 122 Å². The molecule has 0 aliphatic carbocycles. The number of nitrogens with one attached hydrogen (secondary N) is 1. The molecule has 1 saturated heterocycles. The second-order valence-corrected chi connectivity index (χ2v) is 5.35. The van der Waals surface area contributed by atoms with Gasteiger partial charge in [-0.05, 0) is 26.7 Å². The summed E-state index contributed by atoms with van der Waals surface area (Å²) in [5.41, 5.74) is 2.63. The van der Waals surface area contributed by atoms with Crippen LogP contribution in [0.2, 0.25) is 0 Å². The van der Waals surface area contributed by atoms with Crippen molar-refractivity contribution >= 4 is 11.7 Å². The van der Waals surface area contributed by atoms with Gasteiger partial charge in [-0.3, -0.25) is 4.79 Å². The Morgan fingerprint density at radius 2 is 2.38 bits per heavy atom. The average molecular weight is 289 g/mol. The summed E-state index contributed by atoms with van der Waals surface area (Å²) < 4.78 is 7.16. The van der Waals surface area contributed by atoms with E-state index >= 15 is 0 Å². The third kappa shape index (κ3) is 2.87. The number of hydrogen-bond donors (Lipinski definition) is 1. The quantitative estimate of drug-likeness (QED) is 0.890. The maximum atomic E-state index is 12.1. The van der Waals surface area contributed by atoms with Crippen molar-refractivity contribution in [3.8, 4) is 0 Å². The molecule has 7 nitrogen and oxygen atoms in total. The van der Waals surface area contributed by atoms with Gasteiger partial charge in [0.2, 0.25) is 5.91 Å². The third-order valence-electron chi connectivity index (χ3n) is 3.88. The van der Waals surface area contributed by atoms with Crippen molar-refractivity contribution in [3.05, 3.63) is 23.3 Å². The minimum atomic E-state index is -0.0158. The highest BCUT2D eigenvalue weighted by atomic mass is 16.5. The molecule has 3 heterocycles. The highest BCUT2D eigenvalue weighted by molar-refractivity contribution is 5.79. The van der Waals surface area contributed by atoms with E-state index in [0.29, 0.717) is 18.7 Å². The third-order valence-corrected chi connectivity index (χ3v) is 3.88. The summed E-state index contributed by atoms with van der Waals surface area (Å²) >= 11 is 0. The number of rotatable bonds is 4. The Morgan fingerprint density at radius 3 is 3.14 bits per heavy atom. The molecular weight excluding hydrogens is 270 g/mol. The highest BCUT2D eigenvalue weighted by Gasteiger charge is 2.18. The van der Waals surface area contributed by atoms with Crippen LogP contribution in [0.3, 0.4) is 0 Å². The van der Waals surface area contributed by atoms with Gasteiger partial charge in [-0.15, -0.1) is 0 Å². The van der Waals surface area contributed by atoms with Crippen molar-refractivity contribution in [2.75, 3.05) is 13.2 Å². The summed E-state index contributed by atoms with van der Waals surface area (Å²) in [5.74, 6) is 0.548. The molecule has 1 fully saturated rings. The summed E-state index contributed by atoms with van der Waals surface area (Å²) in [7, 11) is 0. The molecule has 2 aromatic heterocycles. The number of aryl methyl sites for hydroxylation is 2. The lowest BCUT2D eigenvalue weighted by Gasteiger charge is -2.13. The molecule has 0 bridgehead atoms. The molecule has 1 aliphatic heterocycles. The number of carbonyl (C=O) groups excluding carboxylic acids is 1. The number of amides is 1. The van der Waals surface area contributed by atoms with Crippen LogP contribution in [-0.2, 0) is 16.0 Å². The van der Waals surface area contributed by atoms with Crippen LogP contribution in [0.5, 0.6) is 0 Å². The first-order chi connectivity index (χ1) is 10.1. The number of fused-ring (bicyclic) bond motifs is 1. The van der Waals surface area contributed by atoms with Gasteiger partial charge in [0.15, 0.2) is 0 Å². The maximum absolute atomic E-state index is 12.1. The predicted octanol–water partition coefficient (Wildman–Crippen LogP) is 0.579. The first kappa shape index (κ1) is 13.9. The zero-order chi connectivity index (χ0) is 14.8. The van der Waals surface area contributed by atoms with Crippen molar-refractivity contribution in [2.24, 2.45) is 0 Å². The van der Waals surface area contributed by atoms with Crippen molar-refractivity contribution in [1.29, 1.82) is 0 Å². The molecule has 7 heteroatoms. The van der Waals surface area contributed by atoms with Crippen molar-refractivity contribution in [1.82, 2.24) is 24.9 Å². The van der Waals surface area contributed by atoms with Crippen LogP contribution < -0.4 is 5.32 Å². The van der Waals surface area contributed by atoms with Gasteiger partial charge in [0.05, 0.1) is 12.5 Å². The molecule has 0 saturated carbocycles. The summed E-state index contributed by atoms with van der Waals surface area (Å²) in [6, 6.07) is 0. The van der Waals surface area contributed by atoms with Crippen LogP contribution in [0.1, 0.15) is 29.8 Å². The number of hydrogen-bond acceptors (Lipinski definition) is 5. The smallest absolute Gasteiger partial charge is 0.252 e. The van der Waals surface area contributed by atoms with Gasteiger partial charge >= 0.3 is 0 Å². The van der Waals surface area contributed by atoms with E-state index in [1.807, 2.05) is 13.8 Å². The molecule has 112 valence electrons. The topological polar surface area (TPSA) is 81.4 Å². The van der Waals surface area contributed by atoms with Gasteiger partial charge in [0.1, 0.15) is 6.33 Å². The van der Waals surface area contributed by atoms with Crippen molar-refractivity contribution in [3.63, 3.8) is 0 Å². The minimum Gasteiger partial charge on any atom is -0.376 e. The molecule has 1 aliphatic rings. The van der Waals surface area contributed by atoms with Crippen LogP contribution in [0, 0.1) is 13.8 Å². The zero-order valence-corrected chi connectivity index (χ0v) is 12.3. The molecular formula is C14H19N5O2. The second-order valence-electron chi connectivity index (χ2n) is 5.35. The molecule has 1 N–H and O–H groups in total. The van der Waals surface area contributed by atoms with E-state index in [2.05, 4.69) is 20.4 Å². The zero-order valence-electron chi connectivity index (χ0n) is 12.3. The van der Waals surface area contributed by atoms with E-state index in [1.54, 1.807) is 4.52 Å². The number of aromatic nitrogens is 4. The van der Waals surface area contributed by atoms with Crippen LogP contribution in [-0.4, -0.2) is 44.7 Å². The number of ether oxygens (including phenoxy) is 1. The fourth-order valence-electron chi connectivity index (χ4n) is 2.67. The summed E-state index contributed by atoms with van der Waals surface area (Å²) in [6.07, 6.45) is 4.02. The van der Waals surface area contributed by atoms with Crippen molar-refractivity contribution in [2.45, 2.75) is 39.2 Å². The van der Waals surface area contributed by atoms with Gasteiger partial charge in [-0.25, -0.2) is 9.50 Å². The number of nitrogens with zero attached hydrogens (tertiary/aromatic N) is 4. The van der Waals surface area contributed by atoms with Crippen LogP contribution in [0.4, 0.5) is 0 Å². The molecule has 1 unspecified atom stereocenters. The van der Waals surface area contributed by atoms with E-state index in [1.165, 1.54) is 6.33 Å². The van der Waals surface area contributed by atoms with E-state index in [0.717, 1.165) is 36.4 Å². The average Bonchev–Trinajstić information content (AvgIpc) is 3.12. The van der Waals surface area contributed by atoms with Crippen LogP contribution in [0.15, 0.2) is 6.33 Å². The second kappa shape index (κ2) is 5.77. The van der Waals surface area contributed by atoms with Gasteiger partial charge in [-0.1, -0.05) is 0 Å². The first-order valence-corrected chi connectivity index (χ1v) is 7.19. The molecule has 3 rings (SSSR count). The molecule has 21 heavy (non-hydrogen) atoms. The molecule has 0 spiro atoms. The SMILES string of the molecule is Cc1nc2ncnn2c(C)c1CC(=O)NCC1CCCO1. The molecule has 0 radical (unpaired) electrons. The molecule has 0 aromatic carbocycles. The van der Waals surface area contributed by atoms with E-state index in [4.69, 9.17) is 4.74 Å². The van der Waals surface area contributed by atoms with Crippen LogP contribution in [0.25, 0.3) is 5.78 Å². The lowest BCUT2D eigenvalue weighted by atomic mass is 10.1. The standard InChI is InChI=1S/C14H19N5O2/c1-9-12(10(2)19-14(18-9)16-8-17-19)6-13(20)15-7-11-4-3-5-21-11/h8,11H,3-7H2,1-2H3,(H,15,20). The van der Waals surface area contributed by atoms with E-state index < -0.39 is 0 Å². The highest BCUT2D eigenvalue weighted by Crippen LogP contribution is 2.14. The van der Waals surface area contributed by atoms with Gasteiger partial charge in [0.25, 0.3) is 5.78 Å². The molecule has 2 aromatic rings. The maximum Gasteiger partial charge on any atom is 0.252 e. The first-order valence-electron chi connectivity index (χ1n) is 7.19. The van der Waals surface area contributed by atoms with Gasteiger partial charge < -0.3 is 10.1 Å². The Hall–Kier alpha value is -2.02. The monoisotopic (exact) mass is 289 g/mol. The molecule has 1 atom stereocenters. The lowest BCUT2D eigenvalue weighted by molar-refractivity contribution is -0.121. The van der Waals surface area contributed by atoms with Crippen LogP contribution >= 0.6 is 0 Å². The summed E-state index contributed by atoms with van der Waals surface area (Å²) in [6.45, 7) is 5.20. The van der Waals surface area contributed by atoms with Crippen molar-refractivity contribution < 1.29 is 9.53 Å². The lowest BCUT2D eigenvalue weighted by Crippen LogP contribution is -2.33. The Bertz CT molecular complexity index is 661. The largest absolute Gasteiger partial charge is 0.376 e. The fraction of sp³-hybridized carbons (Fsp3) is 0.571. The van der Waals surface area contributed by atoms with Gasteiger partial charge in [-0.2, -0.15) is 10.1 Å². The van der Waals surface area contributed by atoms with E-state index in [-0.39, 0.29) is 12.0 Å². The normalized spacial score (nSPS) is 18.3. The Kier molecular flexibility index (Phi) is 3.83. The van der Waals surface area contributed by atoms with E-state index in [9.17, 15) is 4.79 Å². The van der Waals surface area contributed by atoms with Gasteiger partial charge in [0, 0.05) is 30.1 Å².